The molecule has 0 aliphatic heterocycles. The first-order valence-corrected chi connectivity index (χ1v) is 10.0. The number of benzene rings is 3. The van der Waals surface area contributed by atoms with Crippen LogP contribution in [-0.4, -0.2) is 7.11 Å². The summed E-state index contributed by atoms with van der Waals surface area (Å²) in [5.74, 6) is 0.892. The van der Waals surface area contributed by atoms with E-state index in [4.69, 9.17) is 4.74 Å². The van der Waals surface area contributed by atoms with Gasteiger partial charge < -0.3 is 4.74 Å². The fraction of sp³-hybridized carbons (Fsp3) is 0.182. The van der Waals surface area contributed by atoms with Gasteiger partial charge in [0.2, 0.25) is 0 Å². The standard InChI is InChI=1S/C22H22OS2/c1-16-4-12-20(13-5-16)24-22(18-8-10-19(23-3)11-9-18)25-21-14-6-17(2)7-15-21/h4-15,22H,1-3H3. The van der Waals surface area contributed by atoms with Crippen LogP contribution in [0.1, 0.15) is 21.3 Å². The molecule has 0 fully saturated rings. The van der Waals surface area contributed by atoms with E-state index in [0.717, 1.165) is 5.75 Å². The molecule has 25 heavy (non-hydrogen) atoms. The van der Waals surface area contributed by atoms with E-state index in [1.54, 1.807) is 7.11 Å². The first-order chi connectivity index (χ1) is 12.1. The third-order valence-electron chi connectivity index (χ3n) is 3.92. The minimum absolute atomic E-state index is 0.288. The lowest BCUT2D eigenvalue weighted by Gasteiger charge is -2.17. The molecule has 0 aromatic heterocycles. The van der Waals surface area contributed by atoms with Gasteiger partial charge in [-0.25, -0.2) is 0 Å². The summed E-state index contributed by atoms with van der Waals surface area (Å²) in [7, 11) is 1.70. The molecule has 0 amide bonds. The third-order valence-corrected chi connectivity index (χ3v) is 6.55. The van der Waals surface area contributed by atoms with Crippen molar-refractivity contribution in [3.8, 4) is 5.75 Å². The Morgan fingerprint density at radius 3 is 1.48 bits per heavy atom. The molecule has 3 rings (SSSR count). The summed E-state index contributed by atoms with van der Waals surface area (Å²) in [4.78, 5) is 2.57. The monoisotopic (exact) mass is 366 g/mol. The summed E-state index contributed by atoms with van der Waals surface area (Å²) >= 11 is 3.77. The molecule has 0 radical (unpaired) electrons. The van der Waals surface area contributed by atoms with Gasteiger partial charge in [-0.3, -0.25) is 0 Å². The van der Waals surface area contributed by atoms with Crippen molar-refractivity contribution in [2.45, 2.75) is 28.2 Å². The van der Waals surface area contributed by atoms with Crippen LogP contribution in [0.5, 0.6) is 5.75 Å². The van der Waals surface area contributed by atoms with E-state index >= 15 is 0 Å². The minimum atomic E-state index is 0.288. The Labute approximate surface area is 158 Å². The smallest absolute Gasteiger partial charge is 0.118 e. The molecule has 0 aliphatic carbocycles. The van der Waals surface area contributed by atoms with Gasteiger partial charge in [0.05, 0.1) is 11.7 Å². The van der Waals surface area contributed by atoms with Gasteiger partial charge in [0.15, 0.2) is 0 Å². The van der Waals surface area contributed by atoms with Crippen molar-refractivity contribution in [1.82, 2.24) is 0 Å². The maximum atomic E-state index is 5.30. The first kappa shape index (κ1) is 18.0. The number of aryl methyl sites for hydroxylation is 2. The highest BCUT2D eigenvalue weighted by molar-refractivity contribution is 8.16. The molecule has 0 atom stereocenters. The molecule has 3 heteroatoms. The topological polar surface area (TPSA) is 9.23 Å². The molecule has 3 aromatic carbocycles. The second-order valence-electron chi connectivity index (χ2n) is 5.97. The van der Waals surface area contributed by atoms with Gasteiger partial charge in [-0.1, -0.05) is 47.5 Å². The number of thioether (sulfide) groups is 2. The van der Waals surface area contributed by atoms with Crippen LogP contribution in [0.3, 0.4) is 0 Å². The molecule has 1 nitrogen and oxygen atoms in total. The summed E-state index contributed by atoms with van der Waals surface area (Å²) in [5, 5.41) is 0. The van der Waals surface area contributed by atoms with Crippen molar-refractivity contribution < 1.29 is 4.74 Å². The molecule has 0 saturated carbocycles. The Balaban J connectivity index is 1.85. The number of methoxy groups -OCH3 is 1. The molecule has 0 heterocycles. The van der Waals surface area contributed by atoms with Crippen LogP contribution < -0.4 is 4.74 Å². The summed E-state index contributed by atoms with van der Waals surface area (Å²) in [5.41, 5.74) is 3.87. The maximum absolute atomic E-state index is 5.30. The first-order valence-electron chi connectivity index (χ1n) is 8.24. The molecular formula is C22H22OS2. The van der Waals surface area contributed by atoms with Crippen LogP contribution in [0.25, 0.3) is 0 Å². The quantitative estimate of drug-likeness (QED) is 0.347. The summed E-state index contributed by atoms with van der Waals surface area (Å²) in [6.45, 7) is 4.24. The van der Waals surface area contributed by atoms with E-state index < -0.39 is 0 Å². The zero-order valence-corrected chi connectivity index (χ0v) is 16.4. The Morgan fingerprint density at radius 2 is 1.08 bits per heavy atom. The van der Waals surface area contributed by atoms with Crippen molar-refractivity contribution in [3.05, 3.63) is 89.5 Å². The van der Waals surface area contributed by atoms with E-state index in [2.05, 4.69) is 74.5 Å². The number of ether oxygens (including phenoxy) is 1. The lowest BCUT2D eigenvalue weighted by molar-refractivity contribution is 0.414. The molecule has 0 unspecified atom stereocenters. The Morgan fingerprint density at radius 1 is 0.640 bits per heavy atom. The van der Waals surface area contributed by atoms with Gasteiger partial charge in [0.1, 0.15) is 5.75 Å². The Kier molecular flexibility index (Phi) is 6.11. The predicted molar refractivity (Wildman–Crippen MR) is 110 cm³/mol. The zero-order valence-electron chi connectivity index (χ0n) is 14.7. The SMILES string of the molecule is COc1ccc(C(Sc2ccc(C)cc2)Sc2ccc(C)cc2)cc1. The Hall–Kier alpha value is -1.84. The van der Waals surface area contributed by atoms with Crippen molar-refractivity contribution in [2.24, 2.45) is 0 Å². The fourth-order valence-corrected chi connectivity index (χ4v) is 4.93. The molecule has 0 bridgehead atoms. The van der Waals surface area contributed by atoms with Crippen molar-refractivity contribution in [2.75, 3.05) is 7.11 Å². The van der Waals surface area contributed by atoms with E-state index in [-0.39, 0.29) is 4.58 Å². The van der Waals surface area contributed by atoms with Crippen LogP contribution in [0.4, 0.5) is 0 Å². The van der Waals surface area contributed by atoms with Gasteiger partial charge in [-0.2, -0.15) is 0 Å². The number of rotatable bonds is 6. The van der Waals surface area contributed by atoms with Crippen LogP contribution in [0.15, 0.2) is 82.6 Å². The summed E-state index contributed by atoms with van der Waals surface area (Å²) < 4.78 is 5.59. The number of hydrogen-bond donors (Lipinski definition) is 0. The van der Waals surface area contributed by atoms with Gasteiger partial charge in [0.25, 0.3) is 0 Å². The van der Waals surface area contributed by atoms with Crippen molar-refractivity contribution in [3.63, 3.8) is 0 Å². The molecule has 0 spiro atoms. The lowest BCUT2D eigenvalue weighted by Crippen LogP contribution is -1.91. The second-order valence-corrected chi connectivity index (χ2v) is 8.62. The van der Waals surface area contributed by atoms with E-state index in [9.17, 15) is 0 Å². The van der Waals surface area contributed by atoms with Gasteiger partial charge in [-0.05, 0) is 55.8 Å². The largest absolute Gasteiger partial charge is 0.497 e. The molecule has 128 valence electrons. The van der Waals surface area contributed by atoms with E-state index in [1.165, 1.54) is 26.5 Å². The van der Waals surface area contributed by atoms with Gasteiger partial charge >= 0.3 is 0 Å². The molecular weight excluding hydrogens is 344 g/mol. The van der Waals surface area contributed by atoms with Crippen LogP contribution in [-0.2, 0) is 0 Å². The molecule has 0 saturated heterocycles. The normalized spacial score (nSPS) is 10.9. The van der Waals surface area contributed by atoms with Gasteiger partial charge in [-0.15, -0.1) is 23.5 Å². The average Bonchev–Trinajstić information content (AvgIpc) is 2.65. The third kappa shape index (κ3) is 5.07. The predicted octanol–water partition coefficient (Wildman–Crippen LogP) is 6.90. The molecule has 3 aromatic rings. The van der Waals surface area contributed by atoms with Crippen molar-refractivity contribution in [1.29, 1.82) is 0 Å². The highest BCUT2D eigenvalue weighted by atomic mass is 32.2. The van der Waals surface area contributed by atoms with Crippen molar-refractivity contribution >= 4 is 23.5 Å². The van der Waals surface area contributed by atoms with Crippen LogP contribution >= 0.6 is 23.5 Å². The molecule has 0 aliphatic rings. The lowest BCUT2D eigenvalue weighted by atomic mass is 10.2. The second kappa shape index (κ2) is 8.50. The average molecular weight is 367 g/mol. The summed E-state index contributed by atoms with van der Waals surface area (Å²) in [6, 6.07) is 25.9. The van der Waals surface area contributed by atoms with Crippen LogP contribution in [0.2, 0.25) is 0 Å². The highest BCUT2D eigenvalue weighted by Gasteiger charge is 2.15. The fourth-order valence-electron chi connectivity index (χ4n) is 2.40. The minimum Gasteiger partial charge on any atom is -0.497 e. The van der Waals surface area contributed by atoms with Gasteiger partial charge in [0, 0.05) is 9.79 Å². The molecule has 0 N–H and O–H groups in total. The Bertz CT molecular complexity index is 745. The number of hydrogen-bond acceptors (Lipinski definition) is 3. The maximum Gasteiger partial charge on any atom is 0.118 e. The summed E-state index contributed by atoms with van der Waals surface area (Å²) in [6.07, 6.45) is 0. The van der Waals surface area contributed by atoms with E-state index in [0.29, 0.717) is 0 Å². The van der Waals surface area contributed by atoms with Crippen LogP contribution in [0, 0.1) is 13.8 Å². The zero-order chi connectivity index (χ0) is 17.6. The van der Waals surface area contributed by atoms with E-state index in [1.807, 2.05) is 35.7 Å². The highest BCUT2D eigenvalue weighted by Crippen LogP contribution is 2.47.